The van der Waals surface area contributed by atoms with Gasteiger partial charge in [0.05, 0.1) is 28.9 Å². The molecule has 1 aliphatic rings. The van der Waals surface area contributed by atoms with Gasteiger partial charge in [-0.3, -0.25) is 14.5 Å². The molecule has 1 saturated heterocycles. The van der Waals surface area contributed by atoms with Crippen molar-refractivity contribution < 1.29 is 19.4 Å². The van der Waals surface area contributed by atoms with Crippen LogP contribution in [0.25, 0.3) is 16.0 Å². The summed E-state index contributed by atoms with van der Waals surface area (Å²) in [6, 6.07) is 18.8. The lowest BCUT2D eigenvalue weighted by molar-refractivity contribution is -0.132. The molecule has 1 aliphatic heterocycles. The first-order chi connectivity index (χ1) is 17.3. The second-order valence-corrected chi connectivity index (χ2v) is 10.3. The number of aliphatic hydroxyl groups excluding tert-OH is 1. The fourth-order valence-corrected chi connectivity index (χ4v) is 5.44. The monoisotopic (exact) mass is 518 g/mol. The number of halogens is 1. The minimum absolute atomic E-state index is 0.0106. The molecule has 0 unspecified atom stereocenters. The average molecular weight is 519 g/mol. The standard InChI is InChI=1S/C28H23ClN2O4S/c1-15(2)16-4-6-17(7-5-16)24-23(25(32)18-8-10-19(29)11-9-18)26(33)27(34)31(24)28-30-21-13-12-20(35-3)14-22(21)36-28/h4-15,24,32H,1-3H3/b25-23+/t24-/m0/s1. The van der Waals surface area contributed by atoms with Crippen molar-refractivity contribution in [2.24, 2.45) is 0 Å². The van der Waals surface area contributed by atoms with Crippen LogP contribution in [0.5, 0.6) is 5.75 Å². The normalized spacial score (nSPS) is 17.4. The fourth-order valence-electron chi connectivity index (χ4n) is 4.29. The molecule has 36 heavy (non-hydrogen) atoms. The average Bonchev–Trinajstić information content (AvgIpc) is 3.41. The highest BCUT2D eigenvalue weighted by atomic mass is 35.5. The molecule has 1 fully saturated rings. The van der Waals surface area contributed by atoms with Crippen LogP contribution < -0.4 is 9.64 Å². The smallest absolute Gasteiger partial charge is 0.301 e. The Morgan fingerprint density at radius 3 is 2.39 bits per heavy atom. The molecule has 2 heterocycles. The Balaban J connectivity index is 1.70. The van der Waals surface area contributed by atoms with E-state index in [0.29, 0.717) is 38.5 Å². The second-order valence-electron chi connectivity index (χ2n) is 8.83. The van der Waals surface area contributed by atoms with Crippen LogP contribution in [0.1, 0.15) is 42.5 Å². The fraction of sp³-hybridized carbons (Fsp3) is 0.179. The number of nitrogens with zero attached hydrogens (tertiary/aromatic N) is 2. The molecule has 1 aromatic heterocycles. The SMILES string of the molecule is COc1ccc2nc(N3C(=O)C(=O)/C(=C(/O)c4ccc(Cl)cc4)[C@@H]3c3ccc(C(C)C)cc3)sc2c1. The first kappa shape index (κ1) is 24.0. The van der Waals surface area contributed by atoms with E-state index in [1.54, 1.807) is 37.4 Å². The molecule has 0 radical (unpaired) electrons. The Morgan fingerprint density at radius 2 is 1.75 bits per heavy atom. The maximum Gasteiger partial charge on any atom is 0.301 e. The Kier molecular flexibility index (Phi) is 6.28. The molecule has 0 spiro atoms. The number of carbonyl (C=O) groups excluding carboxylic acids is 2. The van der Waals surface area contributed by atoms with Gasteiger partial charge < -0.3 is 9.84 Å². The molecule has 4 aromatic rings. The van der Waals surface area contributed by atoms with Gasteiger partial charge in [-0.25, -0.2) is 4.98 Å². The number of amides is 1. The molecule has 1 amide bonds. The molecule has 3 aromatic carbocycles. The van der Waals surface area contributed by atoms with Crippen molar-refractivity contribution in [1.82, 2.24) is 4.98 Å². The number of fused-ring (bicyclic) bond motifs is 1. The topological polar surface area (TPSA) is 79.7 Å². The zero-order valence-electron chi connectivity index (χ0n) is 19.9. The van der Waals surface area contributed by atoms with Gasteiger partial charge in [0.25, 0.3) is 5.78 Å². The zero-order chi connectivity index (χ0) is 25.6. The summed E-state index contributed by atoms with van der Waals surface area (Å²) >= 11 is 7.30. The summed E-state index contributed by atoms with van der Waals surface area (Å²) in [5.41, 5.74) is 2.92. The van der Waals surface area contributed by atoms with Crippen molar-refractivity contribution in [3.63, 3.8) is 0 Å². The van der Waals surface area contributed by atoms with E-state index in [1.807, 2.05) is 36.4 Å². The van der Waals surface area contributed by atoms with E-state index in [1.165, 1.54) is 16.2 Å². The van der Waals surface area contributed by atoms with Gasteiger partial charge in [0, 0.05) is 10.6 Å². The number of anilines is 1. The molecule has 5 rings (SSSR count). The van der Waals surface area contributed by atoms with Gasteiger partial charge in [0.1, 0.15) is 11.5 Å². The molecule has 0 saturated carbocycles. The van der Waals surface area contributed by atoms with Crippen molar-refractivity contribution in [1.29, 1.82) is 0 Å². The predicted octanol–water partition coefficient (Wildman–Crippen LogP) is 6.71. The number of hydrogen-bond acceptors (Lipinski definition) is 6. The van der Waals surface area contributed by atoms with Gasteiger partial charge in [-0.1, -0.05) is 61.1 Å². The molecular formula is C28H23ClN2O4S. The maximum atomic E-state index is 13.4. The van der Waals surface area contributed by atoms with Gasteiger partial charge in [-0.05, 0) is 59.5 Å². The first-order valence-corrected chi connectivity index (χ1v) is 12.6. The number of Topliss-reactive ketones (excluding diaryl/α,β-unsaturated/α-hetero) is 1. The molecular weight excluding hydrogens is 496 g/mol. The summed E-state index contributed by atoms with van der Waals surface area (Å²) in [5, 5.41) is 12.1. The first-order valence-electron chi connectivity index (χ1n) is 11.4. The van der Waals surface area contributed by atoms with Crippen LogP contribution >= 0.6 is 22.9 Å². The number of aliphatic hydroxyl groups is 1. The largest absolute Gasteiger partial charge is 0.507 e. The van der Waals surface area contributed by atoms with Crippen molar-refractivity contribution in [2.45, 2.75) is 25.8 Å². The molecule has 0 aliphatic carbocycles. The number of aromatic nitrogens is 1. The number of thiazole rings is 1. The summed E-state index contributed by atoms with van der Waals surface area (Å²) in [4.78, 5) is 32.8. The number of ketones is 1. The van der Waals surface area contributed by atoms with Crippen LogP contribution in [-0.2, 0) is 9.59 Å². The predicted molar refractivity (Wildman–Crippen MR) is 143 cm³/mol. The van der Waals surface area contributed by atoms with Gasteiger partial charge in [-0.2, -0.15) is 0 Å². The minimum atomic E-state index is -0.843. The van der Waals surface area contributed by atoms with Crippen molar-refractivity contribution in [2.75, 3.05) is 12.0 Å². The van der Waals surface area contributed by atoms with E-state index in [9.17, 15) is 14.7 Å². The van der Waals surface area contributed by atoms with E-state index < -0.39 is 17.7 Å². The molecule has 8 heteroatoms. The number of methoxy groups -OCH3 is 1. The summed E-state index contributed by atoms with van der Waals surface area (Å²) in [7, 11) is 1.58. The second kappa shape index (κ2) is 9.41. The van der Waals surface area contributed by atoms with Gasteiger partial charge in [-0.15, -0.1) is 0 Å². The molecule has 182 valence electrons. The van der Waals surface area contributed by atoms with Crippen LogP contribution in [0.15, 0.2) is 72.3 Å². The number of ether oxygens (including phenoxy) is 1. The zero-order valence-corrected chi connectivity index (χ0v) is 21.4. The number of carbonyl (C=O) groups is 2. The van der Waals surface area contributed by atoms with E-state index in [-0.39, 0.29) is 11.3 Å². The summed E-state index contributed by atoms with van der Waals surface area (Å²) in [6.45, 7) is 4.19. The molecule has 0 bridgehead atoms. The third-order valence-electron chi connectivity index (χ3n) is 6.27. The maximum absolute atomic E-state index is 13.4. The lowest BCUT2D eigenvalue weighted by Crippen LogP contribution is -2.29. The Morgan fingerprint density at radius 1 is 1.06 bits per heavy atom. The number of benzene rings is 3. The van der Waals surface area contributed by atoms with E-state index in [0.717, 1.165) is 10.3 Å². The number of rotatable bonds is 5. The van der Waals surface area contributed by atoms with Crippen molar-refractivity contribution >= 4 is 55.7 Å². The van der Waals surface area contributed by atoms with E-state index in [2.05, 4.69) is 18.8 Å². The highest BCUT2D eigenvalue weighted by Gasteiger charge is 2.48. The third-order valence-corrected chi connectivity index (χ3v) is 7.54. The number of hydrogen-bond donors (Lipinski definition) is 1. The van der Waals surface area contributed by atoms with Gasteiger partial charge in [0.15, 0.2) is 5.13 Å². The van der Waals surface area contributed by atoms with E-state index in [4.69, 9.17) is 16.3 Å². The van der Waals surface area contributed by atoms with Gasteiger partial charge in [0.2, 0.25) is 0 Å². The van der Waals surface area contributed by atoms with Crippen molar-refractivity contribution in [3.8, 4) is 5.75 Å². The lowest BCUT2D eigenvalue weighted by Gasteiger charge is -2.23. The van der Waals surface area contributed by atoms with Crippen LogP contribution in [0, 0.1) is 0 Å². The summed E-state index contributed by atoms with van der Waals surface area (Å²) in [6.07, 6.45) is 0. The van der Waals surface area contributed by atoms with Crippen LogP contribution in [0.2, 0.25) is 5.02 Å². The lowest BCUT2D eigenvalue weighted by atomic mass is 9.93. The molecule has 1 N–H and O–H groups in total. The highest BCUT2D eigenvalue weighted by molar-refractivity contribution is 7.22. The minimum Gasteiger partial charge on any atom is -0.507 e. The molecule has 6 nitrogen and oxygen atoms in total. The van der Waals surface area contributed by atoms with Crippen LogP contribution in [0.3, 0.4) is 0 Å². The van der Waals surface area contributed by atoms with Crippen LogP contribution in [-0.4, -0.2) is 28.9 Å². The summed E-state index contributed by atoms with van der Waals surface area (Å²) < 4.78 is 6.13. The Hall–Kier alpha value is -3.68. The van der Waals surface area contributed by atoms with Crippen molar-refractivity contribution in [3.05, 3.63) is 94.0 Å². The molecule has 1 atom stereocenters. The Bertz CT molecular complexity index is 1510. The summed E-state index contributed by atoms with van der Waals surface area (Å²) in [5.74, 6) is -0.776. The van der Waals surface area contributed by atoms with E-state index >= 15 is 0 Å². The van der Waals surface area contributed by atoms with Gasteiger partial charge >= 0.3 is 5.91 Å². The van der Waals surface area contributed by atoms with Crippen LogP contribution in [0.4, 0.5) is 5.13 Å². The quantitative estimate of drug-likeness (QED) is 0.180. The third kappa shape index (κ3) is 4.14. The Labute approximate surface area is 217 Å². The highest BCUT2D eigenvalue weighted by Crippen LogP contribution is 2.44.